The summed E-state index contributed by atoms with van der Waals surface area (Å²) in [5.41, 5.74) is 0. The van der Waals surface area contributed by atoms with Crippen LogP contribution in [-0.4, -0.2) is 32.0 Å². The molecule has 2 atom stereocenters. The van der Waals surface area contributed by atoms with Crippen molar-refractivity contribution in [2.75, 3.05) is 11.5 Å². The Balaban J connectivity index is 1.84. The van der Waals surface area contributed by atoms with E-state index < -0.39 is 9.84 Å². The van der Waals surface area contributed by atoms with Crippen LogP contribution in [0.5, 0.6) is 0 Å². The molecule has 0 radical (unpaired) electrons. The molecule has 1 aliphatic heterocycles. The summed E-state index contributed by atoms with van der Waals surface area (Å²) < 4.78 is 23.0. The lowest BCUT2D eigenvalue weighted by Gasteiger charge is -2.29. The molecule has 0 bridgehead atoms. The molecule has 0 aromatic rings. The lowest BCUT2D eigenvalue weighted by atomic mass is 9.98. The van der Waals surface area contributed by atoms with Gasteiger partial charge in [0.05, 0.1) is 11.5 Å². The predicted octanol–water partition coefficient (Wildman–Crippen LogP) is 1.73. The van der Waals surface area contributed by atoms with Gasteiger partial charge in [-0.2, -0.15) is 0 Å². The zero-order chi connectivity index (χ0) is 11.6. The number of sulfone groups is 1. The minimum Gasteiger partial charge on any atom is -0.310 e. The third-order valence-corrected chi connectivity index (χ3v) is 5.89. The van der Waals surface area contributed by atoms with E-state index in [9.17, 15) is 8.42 Å². The van der Waals surface area contributed by atoms with Crippen molar-refractivity contribution in [3.05, 3.63) is 0 Å². The Labute approximate surface area is 98.9 Å². The topological polar surface area (TPSA) is 46.2 Å². The highest BCUT2D eigenvalue weighted by atomic mass is 32.2. The molecular formula is C12H23NO2S. The van der Waals surface area contributed by atoms with Gasteiger partial charge in [0.15, 0.2) is 9.84 Å². The van der Waals surface area contributed by atoms with Gasteiger partial charge in [0.2, 0.25) is 0 Å². The Morgan fingerprint density at radius 3 is 2.44 bits per heavy atom. The quantitative estimate of drug-likeness (QED) is 0.823. The molecule has 0 amide bonds. The normalized spacial score (nSPS) is 32.7. The van der Waals surface area contributed by atoms with Gasteiger partial charge in [0.25, 0.3) is 0 Å². The van der Waals surface area contributed by atoms with Crippen LogP contribution >= 0.6 is 0 Å². The predicted molar refractivity (Wildman–Crippen MR) is 66.2 cm³/mol. The molecule has 2 rings (SSSR count). The second kappa shape index (κ2) is 5.05. The minimum atomic E-state index is -2.76. The molecule has 2 fully saturated rings. The maximum Gasteiger partial charge on any atom is 0.151 e. The van der Waals surface area contributed by atoms with E-state index in [1.165, 1.54) is 25.7 Å². The van der Waals surface area contributed by atoms with Gasteiger partial charge in [-0.05, 0) is 38.5 Å². The van der Waals surface area contributed by atoms with Crippen molar-refractivity contribution in [1.82, 2.24) is 5.32 Å². The van der Waals surface area contributed by atoms with E-state index in [0.717, 1.165) is 18.8 Å². The first kappa shape index (κ1) is 12.4. The lowest BCUT2D eigenvalue weighted by Crippen LogP contribution is -2.46. The number of nitrogens with one attached hydrogen (secondary N) is 1. The SMILES string of the molecule is C[C@H](NC1CCCS(=O)(=O)C1)C1CCCC1. The van der Waals surface area contributed by atoms with Crippen molar-refractivity contribution in [2.45, 2.75) is 57.5 Å². The maximum atomic E-state index is 11.5. The Kier molecular flexibility index (Phi) is 3.90. The summed E-state index contributed by atoms with van der Waals surface area (Å²) in [5, 5.41) is 3.54. The van der Waals surface area contributed by atoms with E-state index >= 15 is 0 Å². The largest absolute Gasteiger partial charge is 0.310 e. The Bertz CT molecular complexity index is 320. The molecule has 1 saturated carbocycles. The van der Waals surface area contributed by atoms with Crippen molar-refractivity contribution >= 4 is 9.84 Å². The van der Waals surface area contributed by atoms with Crippen LogP contribution in [0.4, 0.5) is 0 Å². The first-order chi connectivity index (χ1) is 7.57. The summed E-state index contributed by atoms with van der Waals surface area (Å²) >= 11 is 0. The first-order valence-corrected chi connectivity index (χ1v) is 8.35. The molecule has 1 heterocycles. The molecule has 0 spiro atoms. The average Bonchev–Trinajstić information content (AvgIpc) is 2.68. The highest BCUT2D eigenvalue weighted by molar-refractivity contribution is 7.91. The molecule has 4 heteroatoms. The van der Waals surface area contributed by atoms with E-state index in [2.05, 4.69) is 12.2 Å². The fourth-order valence-electron chi connectivity index (χ4n) is 3.12. The molecule has 3 nitrogen and oxygen atoms in total. The van der Waals surface area contributed by atoms with Gasteiger partial charge in [-0.25, -0.2) is 8.42 Å². The van der Waals surface area contributed by atoms with Crippen LogP contribution in [0.25, 0.3) is 0 Å². The second-order valence-corrected chi connectivity index (χ2v) is 7.68. The smallest absolute Gasteiger partial charge is 0.151 e. The van der Waals surface area contributed by atoms with Gasteiger partial charge >= 0.3 is 0 Å². The van der Waals surface area contributed by atoms with Crippen LogP contribution < -0.4 is 5.32 Å². The zero-order valence-corrected chi connectivity index (χ0v) is 10.9. The van der Waals surface area contributed by atoms with Crippen molar-refractivity contribution in [3.8, 4) is 0 Å². The molecular weight excluding hydrogens is 222 g/mol. The van der Waals surface area contributed by atoms with Crippen LogP contribution in [0.15, 0.2) is 0 Å². The minimum absolute atomic E-state index is 0.203. The van der Waals surface area contributed by atoms with E-state index in [0.29, 0.717) is 17.5 Å². The molecule has 1 N–H and O–H groups in total. The van der Waals surface area contributed by atoms with Gasteiger partial charge in [-0.15, -0.1) is 0 Å². The molecule has 0 aromatic carbocycles. The molecule has 2 aliphatic rings. The van der Waals surface area contributed by atoms with Crippen LogP contribution in [0, 0.1) is 5.92 Å². The van der Waals surface area contributed by atoms with E-state index in [1.807, 2.05) is 0 Å². The van der Waals surface area contributed by atoms with Gasteiger partial charge in [0.1, 0.15) is 0 Å². The molecule has 94 valence electrons. The van der Waals surface area contributed by atoms with E-state index in [4.69, 9.17) is 0 Å². The van der Waals surface area contributed by atoms with Crippen LogP contribution in [0.2, 0.25) is 0 Å². The Hall–Kier alpha value is -0.0900. The van der Waals surface area contributed by atoms with Gasteiger partial charge in [-0.3, -0.25) is 0 Å². The average molecular weight is 245 g/mol. The van der Waals surface area contributed by atoms with Crippen molar-refractivity contribution in [2.24, 2.45) is 5.92 Å². The molecule has 1 saturated heterocycles. The third kappa shape index (κ3) is 3.20. The Morgan fingerprint density at radius 1 is 1.12 bits per heavy atom. The highest BCUT2D eigenvalue weighted by Gasteiger charge is 2.28. The van der Waals surface area contributed by atoms with Crippen LogP contribution in [-0.2, 0) is 9.84 Å². The van der Waals surface area contributed by atoms with Crippen LogP contribution in [0.1, 0.15) is 45.4 Å². The summed E-state index contributed by atoms with van der Waals surface area (Å²) in [6, 6.07) is 0.690. The number of rotatable bonds is 3. The summed E-state index contributed by atoms with van der Waals surface area (Å²) in [6.45, 7) is 2.22. The molecule has 16 heavy (non-hydrogen) atoms. The second-order valence-electron chi connectivity index (χ2n) is 5.45. The van der Waals surface area contributed by atoms with E-state index in [-0.39, 0.29) is 6.04 Å². The monoisotopic (exact) mass is 245 g/mol. The summed E-state index contributed by atoms with van der Waals surface area (Å²) in [6.07, 6.45) is 7.17. The lowest BCUT2D eigenvalue weighted by molar-refractivity contribution is 0.337. The summed E-state index contributed by atoms with van der Waals surface area (Å²) in [7, 11) is -2.76. The summed E-state index contributed by atoms with van der Waals surface area (Å²) in [4.78, 5) is 0. The van der Waals surface area contributed by atoms with Crippen molar-refractivity contribution < 1.29 is 8.42 Å². The number of hydrogen-bond acceptors (Lipinski definition) is 3. The van der Waals surface area contributed by atoms with Crippen molar-refractivity contribution in [3.63, 3.8) is 0 Å². The fraction of sp³-hybridized carbons (Fsp3) is 1.00. The van der Waals surface area contributed by atoms with Gasteiger partial charge in [0, 0.05) is 12.1 Å². The van der Waals surface area contributed by atoms with E-state index in [1.54, 1.807) is 0 Å². The third-order valence-electron chi connectivity index (χ3n) is 4.07. The Morgan fingerprint density at radius 2 is 1.81 bits per heavy atom. The first-order valence-electron chi connectivity index (χ1n) is 6.53. The van der Waals surface area contributed by atoms with Crippen molar-refractivity contribution in [1.29, 1.82) is 0 Å². The molecule has 1 unspecified atom stereocenters. The van der Waals surface area contributed by atoms with Crippen LogP contribution in [0.3, 0.4) is 0 Å². The standard InChI is InChI=1S/C12H23NO2S/c1-10(11-5-2-3-6-11)13-12-7-4-8-16(14,15)9-12/h10-13H,2-9H2,1H3/t10-,12?/m0/s1. The molecule has 1 aliphatic carbocycles. The number of hydrogen-bond donors (Lipinski definition) is 1. The fourth-order valence-corrected chi connectivity index (χ4v) is 4.77. The zero-order valence-electron chi connectivity index (χ0n) is 10.1. The molecule has 0 aromatic heterocycles. The van der Waals surface area contributed by atoms with Gasteiger partial charge in [-0.1, -0.05) is 12.8 Å². The van der Waals surface area contributed by atoms with Gasteiger partial charge < -0.3 is 5.32 Å². The highest BCUT2D eigenvalue weighted by Crippen LogP contribution is 2.28. The maximum absolute atomic E-state index is 11.5. The summed E-state index contributed by atoms with van der Waals surface area (Å²) in [5.74, 6) is 1.51.